The fourth-order valence-electron chi connectivity index (χ4n) is 0.419. The Hall–Kier alpha value is -1.52. The molecule has 0 fully saturated rings. The summed E-state index contributed by atoms with van der Waals surface area (Å²) in [6, 6.07) is -0.580. The first kappa shape index (κ1) is 5.61. The first-order chi connectivity index (χ1) is 4.30. The van der Waals surface area contributed by atoms with E-state index in [1.165, 1.54) is 12.4 Å². The number of hydrogen-bond acceptors (Lipinski definition) is 3. The molecule has 48 valence electrons. The quantitative estimate of drug-likeness (QED) is 0.454. The van der Waals surface area contributed by atoms with Crippen molar-refractivity contribution in [3.63, 3.8) is 0 Å². The van der Waals surface area contributed by atoms with Crippen molar-refractivity contribution in [3.05, 3.63) is 12.3 Å². The molecule has 0 aliphatic carbocycles. The molecular formula is C4H6N4O. The van der Waals surface area contributed by atoms with E-state index in [1.807, 2.05) is 0 Å². The van der Waals surface area contributed by atoms with Crippen LogP contribution in [0.5, 0.6) is 0 Å². The van der Waals surface area contributed by atoms with Gasteiger partial charge in [-0.05, 0) is 6.08 Å². The molecule has 2 amide bonds. The largest absolute Gasteiger partial charge is 0.350 e. The summed E-state index contributed by atoms with van der Waals surface area (Å²) < 4.78 is 0. The van der Waals surface area contributed by atoms with Crippen LogP contribution in [0.1, 0.15) is 0 Å². The molecule has 0 spiro atoms. The Labute approximate surface area is 51.8 Å². The van der Waals surface area contributed by atoms with E-state index in [4.69, 9.17) is 5.73 Å². The second-order valence-corrected chi connectivity index (χ2v) is 1.43. The number of carbonyl (C=O) groups is 1. The van der Waals surface area contributed by atoms with Crippen LogP contribution in [0.25, 0.3) is 0 Å². The number of rotatable bonds is 0. The molecule has 0 aromatic heterocycles. The molecule has 1 aliphatic heterocycles. The minimum Gasteiger partial charge on any atom is -0.350 e. The van der Waals surface area contributed by atoms with Gasteiger partial charge in [-0.2, -0.15) is 10.1 Å². The van der Waals surface area contributed by atoms with Gasteiger partial charge in [0.15, 0.2) is 0 Å². The predicted molar refractivity (Wildman–Crippen MR) is 32.2 cm³/mol. The molecule has 1 rings (SSSR count). The van der Waals surface area contributed by atoms with Crippen molar-refractivity contribution in [1.82, 2.24) is 10.5 Å². The number of nitrogens with zero attached hydrogens (tertiary/aromatic N) is 2. The Morgan fingerprint density at radius 1 is 1.78 bits per heavy atom. The number of nitrogens with two attached hydrogens (primary N) is 1. The highest BCUT2D eigenvalue weighted by Crippen LogP contribution is 1.86. The van der Waals surface area contributed by atoms with Gasteiger partial charge in [0.05, 0.1) is 6.21 Å². The molecule has 5 nitrogen and oxygen atoms in total. The topological polar surface area (TPSA) is 70.7 Å². The van der Waals surface area contributed by atoms with E-state index in [0.29, 0.717) is 0 Å². The van der Waals surface area contributed by atoms with E-state index >= 15 is 0 Å². The van der Waals surface area contributed by atoms with Crippen LogP contribution in [0.15, 0.2) is 17.4 Å². The number of allylic oxidation sites excluding steroid dienone is 1. The predicted octanol–water partition coefficient (Wildman–Crippen LogP) is -0.615. The van der Waals surface area contributed by atoms with Gasteiger partial charge < -0.3 is 5.73 Å². The molecule has 9 heavy (non-hydrogen) atoms. The highest BCUT2D eigenvalue weighted by Gasteiger charge is 2.03. The van der Waals surface area contributed by atoms with Crippen LogP contribution < -0.4 is 11.3 Å². The van der Waals surface area contributed by atoms with Crippen LogP contribution >= 0.6 is 0 Å². The molecule has 1 heterocycles. The van der Waals surface area contributed by atoms with Crippen LogP contribution in [0.2, 0.25) is 0 Å². The van der Waals surface area contributed by atoms with Crippen molar-refractivity contribution in [1.29, 1.82) is 0 Å². The molecule has 0 bridgehead atoms. The Morgan fingerprint density at radius 3 is 2.89 bits per heavy atom. The minimum atomic E-state index is -0.580. The number of carbonyl (C=O) groups excluding carboxylic acids is 1. The maximum atomic E-state index is 10.3. The van der Waals surface area contributed by atoms with Crippen molar-refractivity contribution < 1.29 is 4.79 Å². The van der Waals surface area contributed by atoms with Gasteiger partial charge in [0, 0.05) is 6.20 Å². The van der Waals surface area contributed by atoms with E-state index < -0.39 is 6.03 Å². The van der Waals surface area contributed by atoms with Crippen LogP contribution in [0.4, 0.5) is 4.79 Å². The van der Waals surface area contributed by atoms with Crippen LogP contribution in [0, 0.1) is 0 Å². The molecule has 1 aliphatic rings. The van der Waals surface area contributed by atoms with Crippen molar-refractivity contribution in [3.8, 4) is 0 Å². The lowest BCUT2D eigenvalue weighted by Gasteiger charge is -2.14. The summed E-state index contributed by atoms with van der Waals surface area (Å²) in [4.78, 5) is 10.3. The van der Waals surface area contributed by atoms with E-state index in [2.05, 4.69) is 10.6 Å². The summed E-state index contributed by atoms with van der Waals surface area (Å²) in [5.74, 6) is 0. The second-order valence-electron chi connectivity index (χ2n) is 1.43. The smallest absolute Gasteiger partial charge is 0.338 e. The number of hydrazone groups is 1. The third-order valence-corrected chi connectivity index (χ3v) is 0.799. The summed E-state index contributed by atoms with van der Waals surface area (Å²) in [5.41, 5.74) is 7.23. The molecule has 3 N–H and O–H groups in total. The van der Waals surface area contributed by atoms with Gasteiger partial charge in [-0.1, -0.05) is 0 Å². The molecular weight excluding hydrogens is 120 g/mol. The number of hydrogen-bond donors (Lipinski definition) is 2. The Balaban J connectivity index is 2.56. The summed E-state index contributed by atoms with van der Waals surface area (Å²) in [6.07, 6.45) is 4.59. The van der Waals surface area contributed by atoms with Crippen molar-refractivity contribution in [2.45, 2.75) is 0 Å². The number of hydrazine groups is 1. The molecule has 5 heteroatoms. The third-order valence-electron chi connectivity index (χ3n) is 0.799. The Kier molecular flexibility index (Phi) is 1.35. The summed E-state index contributed by atoms with van der Waals surface area (Å²) >= 11 is 0. The molecule has 0 aromatic rings. The molecule has 0 radical (unpaired) electrons. The Bertz CT molecular complexity index is 173. The van der Waals surface area contributed by atoms with Gasteiger partial charge in [0.1, 0.15) is 0 Å². The van der Waals surface area contributed by atoms with Gasteiger partial charge in [-0.25, -0.2) is 10.3 Å². The van der Waals surface area contributed by atoms with Crippen LogP contribution in [-0.4, -0.2) is 17.3 Å². The van der Waals surface area contributed by atoms with E-state index in [0.717, 1.165) is 5.01 Å². The monoisotopic (exact) mass is 126 g/mol. The first-order valence-electron chi connectivity index (χ1n) is 2.35. The standard InChI is InChI=1S/C4H6N4O/c5-4(9)8-3-1-2-6-7-8/h1-3,7H,(H2,5,9). The lowest BCUT2D eigenvalue weighted by atomic mass is 10.6. The summed E-state index contributed by atoms with van der Waals surface area (Å²) in [6.45, 7) is 0. The van der Waals surface area contributed by atoms with E-state index in [-0.39, 0.29) is 0 Å². The zero-order valence-electron chi connectivity index (χ0n) is 4.61. The lowest BCUT2D eigenvalue weighted by molar-refractivity contribution is 0.207. The zero-order valence-corrected chi connectivity index (χ0v) is 4.61. The molecule has 0 atom stereocenters. The van der Waals surface area contributed by atoms with Gasteiger partial charge in [-0.3, -0.25) is 0 Å². The highest BCUT2D eigenvalue weighted by molar-refractivity contribution is 5.77. The van der Waals surface area contributed by atoms with Gasteiger partial charge in [0.25, 0.3) is 0 Å². The lowest BCUT2D eigenvalue weighted by Crippen LogP contribution is -2.40. The second kappa shape index (κ2) is 2.17. The summed E-state index contributed by atoms with van der Waals surface area (Å²) in [7, 11) is 0. The number of nitrogens with one attached hydrogen (secondary N) is 1. The number of primary amides is 1. The average molecular weight is 126 g/mol. The molecule has 0 saturated carbocycles. The molecule has 0 saturated heterocycles. The fourth-order valence-corrected chi connectivity index (χ4v) is 0.419. The molecule has 0 unspecified atom stereocenters. The normalized spacial score (nSPS) is 15.3. The first-order valence-corrected chi connectivity index (χ1v) is 2.35. The third kappa shape index (κ3) is 1.18. The zero-order chi connectivity index (χ0) is 6.69. The minimum absolute atomic E-state index is 0.580. The van der Waals surface area contributed by atoms with Crippen LogP contribution in [-0.2, 0) is 0 Å². The van der Waals surface area contributed by atoms with Gasteiger partial charge in [-0.15, -0.1) is 0 Å². The van der Waals surface area contributed by atoms with Crippen molar-refractivity contribution in [2.24, 2.45) is 10.8 Å². The van der Waals surface area contributed by atoms with Gasteiger partial charge >= 0.3 is 6.03 Å². The van der Waals surface area contributed by atoms with E-state index in [1.54, 1.807) is 6.08 Å². The van der Waals surface area contributed by atoms with Crippen molar-refractivity contribution >= 4 is 12.2 Å². The maximum absolute atomic E-state index is 10.3. The summed E-state index contributed by atoms with van der Waals surface area (Å²) in [5, 5.41) is 4.61. The van der Waals surface area contributed by atoms with Gasteiger partial charge in [0.2, 0.25) is 0 Å². The van der Waals surface area contributed by atoms with E-state index in [9.17, 15) is 4.79 Å². The maximum Gasteiger partial charge on any atom is 0.338 e. The molecule has 0 aromatic carbocycles. The number of amides is 2. The SMILES string of the molecule is NC(=O)N1C=CC=NN1. The Morgan fingerprint density at radius 2 is 2.56 bits per heavy atom. The average Bonchev–Trinajstić information content (AvgIpc) is 1.90. The number of urea groups is 1. The fraction of sp³-hybridized carbons (Fsp3) is 0. The highest BCUT2D eigenvalue weighted by atomic mass is 16.2. The van der Waals surface area contributed by atoms with Crippen LogP contribution in [0.3, 0.4) is 0 Å². The van der Waals surface area contributed by atoms with Crippen molar-refractivity contribution in [2.75, 3.05) is 0 Å².